The van der Waals surface area contributed by atoms with Crippen LogP contribution in [0.4, 0.5) is 24.5 Å². The van der Waals surface area contributed by atoms with Gasteiger partial charge >= 0.3 is 6.18 Å². The van der Waals surface area contributed by atoms with Gasteiger partial charge in [-0.05, 0) is 74.8 Å². The normalized spacial score (nSPS) is 15.6. The summed E-state index contributed by atoms with van der Waals surface area (Å²) >= 11 is 5.55. The zero-order valence-electron chi connectivity index (χ0n) is 19.9. The number of ketones is 1. The summed E-state index contributed by atoms with van der Waals surface area (Å²) < 4.78 is 40.5. The highest BCUT2D eigenvalue weighted by atomic mass is 32.1. The van der Waals surface area contributed by atoms with Gasteiger partial charge in [0.25, 0.3) is 5.91 Å². The fraction of sp³-hybridized carbons (Fsp3) is 0.385. The fourth-order valence-electron chi connectivity index (χ4n) is 4.03. The number of rotatable bonds is 7. The van der Waals surface area contributed by atoms with Crippen LogP contribution in [0.15, 0.2) is 42.5 Å². The van der Waals surface area contributed by atoms with Gasteiger partial charge in [0.15, 0.2) is 5.11 Å². The number of nitriles is 1. The van der Waals surface area contributed by atoms with E-state index in [-0.39, 0.29) is 22.5 Å². The van der Waals surface area contributed by atoms with Crippen LogP contribution in [-0.2, 0) is 22.2 Å². The van der Waals surface area contributed by atoms with Gasteiger partial charge in [0.05, 0.1) is 22.9 Å². The van der Waals surface area contributed by atoms with Gasteiger partial charge in [-0.15, -0.1) is 0 Å². The molecule has 1 saturated heterocycles. The Morgan fingerprint density at radius 2 is 1.71 bits per heavy atom. The van der Waals surface area contributed by atoms with Crippen LogP contribution in [0.25, 0.3) is 0 Å². The molecule has 1 aliphatic rings. The Morgan fingerprint density at radius 1 is 1.11 bits per heavy atom. The van der Waals surface area contributed by atoms with E-state index in [0.29, 0.717) is 12.1 Å². The van der Waals surface area contributed by atoms with E-state index in [0.717, 1.165) is 35.4 Å². The molecule has 0 atom stereocenters. The molecule has 0 aromatic heterocycles. The number of hydrogen-bond donors (Lipinski definition) is 0. The first-order chi connectivity index (χ1) is 16.3. The number of carbonyl (C=O) groups excluding carboxylic acids is 2. The van der Waals surface area contributed by atoms with Gasteiger partial charge in [0.1, 0.15) is 11.3 Å². The first-order valence-corrected chi connectivity index (χ1v) is 11.6. The number of anilines is 2. The monoisotopic (exact) mass is 501 g/mol. The van der Waals surface area contributed by atoms with Crippen LogP contribution in [0.3, 0.4) is 0 Å². The minimum absolute atomic E-state index is 0.0135. The minimum atomic E-state index is -4.75. The summed E-state index contributed by atoms with van der Waals surface area (Å²) in [6, 6.07) is 12.1. The molecule has 5 nitrogen and oxygen atoms in total. The number of Topliss-reactive ketones (excluding diaryl/α,β-unsaturated/α-hetero) is 1. The van der Waals surface area contributed by atoms with Gasteiger partial charge in [-0.1, -0.05) is 26.0 Å². The molecule has 0 aliphatic carbocycles. The zero-order valence-corrected chi connectivity index (χ0v) is 20.8. The molecule has 1 amide bonds. The number of carbonyl (C=O) groups is 2. The molecule has 0 bridgehead atoms. The number of hydrogen-bond acceptors (Lipinski definition) is 4. The molecular formula is C26H26F3N3O2S. The Kier molecular flexibility index (Phi) is 7.37. The molecule has 3 rings (SSSR count). The van der Waals surface area contributed by atoms with Gasteiger partial charge in [0, 0.05) is 18.0 Å². The predicted molar refractivity (Wildman–Crippen MR) is 132 cm³/mol. The lowest BCUT2D eigenvalue weighted by molar-refractivity contribution is -0.137. The maximum atomic E-state index is 13.5. The van der Waals surface area contributed by atoms with E-state index in [1.807, 2.05) is 38.1 Å². The highest BCUT2D eigenvalue weighted by molar-refractivity contribution is 7.81. The van der Waals surface area contributed by atoms with E-state index in [4.69, 9.17) is 17.5 Å². The molecule has 1 heterocycles. The van der Waals surface area contributed by atoms with E-state index >= 15 is 0 Å². The number of amides is 1. The lowest BCUT2D eigenvalue weighted by Crippen LogP contribution is -2.44. The second-order valence-electron chi connectivity index (χ2n) is 9.30. The van der Waals surface area contributed by atoms with Gasteiger partial charge in [-0.3, -0.25) is 14.5 Å². The largest absolute Gasteiger partial charge is 0.417 e. The van der Waals surface area contributed by atoms with Crippen molar-refractivity contribution in [1.29, 1.82) is 5.26 Å². The lowest BCUT2D eigenvalue weighted by Gasteiger charge is -2.29. The molecule has 9 heteroatoms. The van der Waals surface area contributed by atoms with Crippen molar-refractivity contribution in [2.75, 3.05) is 9.80 Å². The Bertz CT molecular complexity index is 1200. The first-order valence-electron chi connectivity index (χ1n) is 11.2. The summed E-state index contributed by atoms with van der Waals surface area (Å²) in [4.78, 5) is 27.8. The summed E-state index contributed by atoms with van der Waals surface area (Å²) in [5.74, 6) is -0.239. The number of benzene rings is 2. The Hall–Kier alpha value is -3.25. The van der Waals surface area contributed by atoms with Crippen LogP contribution in [0, 0.1) is 17.2 Å². The van der Waals surface area contributed by atoms with E-state index in [2.05, 4.69) is 0 Å². The summed E-state index contributed by atoms with van der Waals surface area (Å²) in [5.41, 5.74) is -1.19. The molecule has 0 unspecified atom stereocenters. The quantitative estimate of drug-likeness (QED) is 0.433. The highest BCUT2D eigenvalue weighted by Crippen LogP contribution is 2.39. The van der Waals surface area contributed by atoms with Gasteiger partial charge in [0.2, 0.25) is 0 Å². The van der Waals surface area contributed by atoms with E-state index in [9.17, 15) is 22.8 Å². The van der Waals surface area contributed by atoms with Crippen molar-refractivity contribution in [3.8, 4) is 6.07 Å². The number of aryl methyl sites for hydroxylation is 1. The van der Waals surface area contributed by atoms with Crippen molar-refractivity contribution < 1.29 is 22.8 Å². The molecule has 2 aromatic rings. The number of thiocarbonyl (C=S) groups is 1. The second-order valence-corrected chi connectivity index (χ2v) is 9.66. The standard InChI is InChI=1S/C26H26F3N3O2S/c1-16(2)22(33)7-5-6-17-8-11-19(12-9-17)32-24(35)31(23(34)25(32,3)4)20-13-10-18(15-30)21(14-20)26(27,28)29/h8-14,16H,5-7H2,1-4H3. The Morgan fingerprint density at radius 3 is 2.26 bits per heavy atom. The minimum Gasteiger partial charge on any atom is -0.304 e. The number of nitrogens with zero attached hydrogens (tertiary/aromatic N) is 3. The molecule has 0 spiro atoms. The number of alkyl halides is 3. The average molecular weight is 502 g/mol. The van der Waals surface area contributed by atoms with Gasteiger partial charge < -0.3 is 4.90 Å². The zero-order chi connectivity index (χ0) is 26.1. The Labute approximate surface area is 208 Å². The molecule has 0 radical (unpaired) electrons. The average Bonchev–Trinajstić information content (AvgIpc) is 2.96. The topological polar surface area (TPSA) is 64.4 Å². The smallest absolute Gasteiger partial charge is 0.304 e. The molecule has 1 fully saturated rings. The van der Waals surface area contributed by atoms with Crippen molar-refractivity contribution >= 4 is 40.4 Å². The summed E-state index contributed by atoms with van der Waals surface area (Å²) in [7, 11) is 0. The third-order valence-corrected chi connectivity index (χ3v) is 6.45. The van der Waals surface area contributed by atoms with Crippen molar-refractivity contribution in [3.05, 3.63) is 59.2 Å². The van der Waals surface area contributed by atoms with Crippen LogP contribution in [0.1, 0.15) is 57.2 Å². The van der Waals surface area contributed by atoms with Crippen LogP contribution < -0.4 is 9.80 Å². The van der Waals surface area contributed by atoms with Gasteiger partial charge in [-0.25, -0.2) is 0 Å². The molecule has 2 aromatic carbocycles. The molecular weight excluding hydrogens is 475 g/mol. The van der Waals surface area contributed by atoms with Crippen LogP contribution in [0.5, 0.6) is 0 Å². The summed E-state index contributed by atoms with van der Waals surface area (Å²) in [6.07, 6.45) is -2.79. The van der Waals surface area contributed by atoms with E-state index < -0.39 is 28.7 Å². The summed E-state index contributed by atoms with van der Waals surface area (Å²) in [5, 5.41) is 9.11. The number of halogens is 3. The van der Waals surface area contributed by atoms with Crippen LogP contribution >= 0.6 is 12.2 Å². The van der Waals surface area contributed by atoms with Crippen molar-refractivity contribution in [3.63, 3.8) is 0 Å². The maximum Gasteiger partial charge on any atom is 0.417 e. The van der Waals surface area contributed by atoms with Crippen LogP contribution in [0.2, 0.25) is 0 Å². The SMILES string of the molecule is CC(C)C(=O)CCCc1ccc(N2C(=S)N(c3ccc(C#N)c(C(F)(F)F)c3)C(=O)C2(C)C)cc1. The molecule has 184 valence electrons. The molecule has 0 N–H and O–H groups in total. The molecule has 35 heavy (non-hydrogen) atoms. The second kappa shape index (κ2) is 9.78. The van der Waals surface area contributed by atoms with E-state index in [1.165, 1.54) is 12.1 Å². The van der Waals surface area contributed by atoms with Crippen molar-refractivity contribution in [1.82, 2.24) is 0 Å². The fourth-order valence-corrected chi connectivity index (χ4v) is 4.55. The Balaban J connectivity index is 1.87. The van der Waals surface area contributed by atoms with Crippen LogP contribution in [-0.4, -0.2) is 22.3 Å². The van der Waals surface area contributed by atoms with Crippen molar-refractivity contribution in [2.45, 2.75) is 58.7 Å². The van der Waals surface area contributed by atoms with E-state index in [1.54, 1.807) is 18.7 Å². The predicted octanol–water partition coefficient (Wildman–Crippen LogP) is 6.04. The summed E-state index contributed by atoms with van der Waals surface area (Å²) in [6.45, 7) is 7.07. The maximum absolute atomic E-state index is 13.5. The van der Waals surface area contributed by atoms with Gasteiger partial charge in [-0.2, -0.15) is 18.4 Å². The lowest BCUT2D eigenvalue weighted by atomic mass is 10.00. The highest BCUT2D eigenvalue weighted by Gasteiger charge is 2.50. The first kappa shape index (κ1) is 26.4. The van der Waals surface area contributed by atoms with Crippen molar-refractivity contribution in [2.24, 2.45) is 5.92 Å². The molecule has 1 aliphatic heterocycles. The third-order valence-electron chi connectivity index (χ3n) is 6.08. The molecule has 0 saturated carbocycles. The third kappa shape index (κ3) is 5.22.